The topological polar surface area (TPSA) is 55.1 Å². The number of nitrogens with zero attached hydrogens (tertiary/aromatic N) is 1. The molecule has 3 rings (SSSR count). The van der Waals surface area contributed by atoms with Crippen molar-refractivity contribution in [3.63, 3.8) is 0 Å². The van der Waals surface area contributed by atoms with Crippen LogP contribution in [0, 0.1) is 6.92 Å². The number of hydrogen-bond acceptors (Lipinski definition) is 3. The number of aromatic nitrogens is 1. The average molecular weight is 327 g/mol. The Morgan fingerprint density at radius 3 is 2.70 bits per heavy atom. The highest BCUT2D eigenvalue weighted by atomic mass is 35.5. The van der Waals surface area contributed by atoms with Gasteiger partial charge in [-0.2, -0.15) is 0 Å². The Kier molecular flexibility index (Phi) is 4.44. The Morgan fingerprint density at radius 2 is 1.96 bits per heavy atom. The van der Waals surface area contributed by atoms with Crippen LogP contribution in [-0.4, -0.2) is 11.1 Å². The zero-order valence-corrected chi connectivity index (χ0v) is 13.3. The van der Waals surface area contributed by atoms with Gasteiger partial charge in [0.1, 0.15) is 0 Å². The highest BCUT2D eigenvalue weighted by Gasteiger charge is 2.13. The van der Waals surface area contributed by atoms with Gasteiger partial charge in [-0.25, -0.2) is 0 Å². The minimum absolute atomic E-state index is 0.260. The summed E-state index contributed by atoms with van der Waals surface area (Å²) in [5.74, 6) is 0.299. The van der Waals surface area contributed by atoms with Crippen molar-refractivity contribution >= 4 is 17.5 Å². The van der Waals surface area contributed by atoms with Crippen LogP contribution in [0.3, 0.4) is 0 Å². The fourth-order valence-corrected chi connectivity index (χ4v) is 2.32. The van der Waals surface area contributed by atoms with Gasteiger partial charge in [0.15, 0.2) is 11.5 Å². The summed E-state index contributed by atoms with van der Waals surface area (Å²) in [5, 5.41) is 7.31. The van der Waals surface area contributed by atoms with Gasteiger partial charge in [-0.3, -0.25) is 4.79 Å². The second kappa shape index (κ2) is 6.67. The van der Waals surface area contributed by atoms with E-state index in [4.69, 9.17) is 16.1 Å². The number of aryl methyl sites for hydroxylation is 1. The molecule has 0 atom stereocenters. The minimum Gasteiger partial charge on any atom is -0.355 e. The van der Waals surface area contributed by atoms with Gasteiger partial charge >= 0.3 is 0 Å². The molecule has 1 heterocycles. The second-order valence-electron chi connectivity index (χ2n) is 5.26. The first-order valence-corrected chi connectivity index (χ1v) is 7.56. The monoisotopic (exact) mass is 326 g/mol. The van der Waals surface area contributed by atoms with Crippen molar-refractivity contribution in [2.75, 3.05) is 0 Å². The standard InChI is InChI=1S/C18H15ClN2O2/c1-12-3-2-4-14(9-12)17-10-16(21-23-17)18(22)20-11-13-5-7-15(19)8-6-13/h2-10H,11H2,1H3,(H,20,22). The lowest BCUT2D eigenvalue weighted by atomic mass is 10.1. The predicted molar refractivity (Wildman–Crippen MR) is 89.3 cm³/mol. The molecule has 0 aliphatic carbocycles. The number of hydrogen-bond donors (Lipinski definition) is 1. The summed E-state index contributed by atoms with van der Waals surface area (Å²) in [7, 11) is 0. The zero-order valence-electron chi connectivity index (χ0n) is 12.5. The lowest BCUT2D eigenvalue weighted by molar-refractivity contribution is 0.0942. The molecule has 3 aromatic rings. The molecule has 1 amide bonds. The molecule has 0 fully saturated rings. The van der Waals surface area contributed by atoms with Crippen LogP contribution in [0.25, 0.3) is 11.3 Å². The van der Waals surface area contributed by atoms with Gasteiger partial charge in [-0.1, -0.05) is 52.7 Å². The quantitative estimate of drug-likeness (QED) is 0.780. The van der Waals surface area contributed by atoms with E-state index < -0.39 is 0 Å². The lowest BCUT2D eigenvalue weighted by Crippen LogP contribution is -2.22. The van der Waals surface area contributed by atoms with Crippen molar-refractivity contribution in [2.24, 2.45) is 0 Å². The van der Waals surface area contributed by atoms with Crippen LogP contribution in [0.4, 0.5) is 0 Å². The number of halogens is 1. The number of nitrogens with one attached hydrogen (secondary N) is 1. The minimum atomic E-state index is -0.275. The van der Waals surface area contributed by atoms with E-state index in [1.807, 2.05) is 43.3 Å². The smallest absolute Gasteiger partial charge is 0.273 e. The van der Waals surface area contributed by atoms with Crippen LogP contribution in [-0.2, 0) is 6.54 Å². The molecule has 2 aromatic carbocycles. The van der Waals surface area contributed by atoms with E-state index in [9.17, 15) is 4.79 Å². The van der Waals surface area contributed by atoms with E-state index in [2.05, 4.69) is 10.5 Å². The molecule has 116 valence electrons. The molecule has 1 N–H and O–H groups in total. The maximum Gasteiger partial charge on any atom is 0.273 e. The van der Waals surface area contributed by atoms with Crippen LogP contribution < -0.4 is 5.32 Å². The normalized spacial score (nSPS) is 10.5. The number of carbonyl (C=O) groups excluding carboxylic acids is 1. The Labute approximate surface area is 139 Å². The van der Waals surface area contributed by atoms with E-state index in [-0.39, 0.29) is 11.6 Å². The maximum atomic E-state index is 12.1. The van der Waals surface area contributed by atoms with Crippen LogP contribution in [0.2, 0.25) is 5.02 Å². The molecule has 23 heavy (non-hydrogen) atoms. The lowest BCUT2D eigenvalue weighted by Gasteiger charge is -2.02. The van der Waals surface area contributed by atoms with Crippen molar-refractivity contribution in [1.29, 1.82) is 0 Å². The maximum absolute atomic E-state index is 12.1. The van der Waals surface area contributed by atoms with E-state index >= 15 is 0 Å². The van der Waals surface area contributed by atoms with Crippen molar-refractivity contribution in [3.05, 3.63) is 76.4 Å². The van der Waals surface area contributed by atoms with E-state index in [0.717, 1.165) is 16.7 Å². The van der Waals surface area contributed by atoms with Gasteiger partial charge in [-0.15, -0.1) is 0 Å². The van der Waals surface area contributed by atoms with E-state index in [1.165, 1.54) is 0 Å². The number of benzene rings is 2. The van der Waals surface area contributed by atoms with E-state index in [0.29, 0.717) is 17.3 Å². The van der Waals surface area contributed by atoms with Crippen molar-refractivity contribution in [2.45, 2.75) is 13.5 Å². The van der Waals surface area contributed by atoms with Gasteiger partial charge in [-0.05, 0) is 30.7 Å². The van der Waals surface area contributed by atoms with Gasteiger partial charge in [0.2, 0.25) is 0 Å². The molecular weight excluding hydrogens is 312 g/mol. The summed E-state index contributed by atoms with van der Waals surface area (Å²) in [6.07, 6.45) is 0. The molecule has 0 saturated heterocycles. The Bertz CT molecular complexity index is 825. The van der Waals surface area contributed by atoms with Gasteiger partial charge in [0.05, 0.1) is 0 Å². The number of carbonyl (C=O) groups is 1. The molecule has 0 spiro atoms. The largest absolute Gasteiger partial charge is 0.355 e. The molecule has 4 nitrogen and oxygen atoms in total. The SMILES string of the molecule is Cc1cccc(-c2cc(C(=O)NCc3ccc(Cl)cc3)no2)c1. The predicted octanol–water partition coefficient (Wildman–Crippen LogP) is 4.23. The zero-order chi connectivity index (χ0) is 16.2. The molecule has 0 unspecified atom stereocenters. The third-order valence-electron chi connectivity index (χ3n) is 3.41. The number of rotatable bonds is 4. The summed E-state index contributed by atoms with van der Waals surface area (Å²) in [5.41, 5.74) is 3.24. The molecular formula is C18H15ClN2O2. The highest BCUT2D eigenvalue weighted by Crippen LogP contribution is 2.21. The fraction of sp³-hybridized carbons (Fsp3) is 0.111. The second-order valence-corrected chi connectivity index (χ2v) is 5.69. The average Bonchev–Trinajstić information content (AvgIpc) is 3.04. The molecule has 0 radical (unpaired) electrons. The van der Waals surface area contributed by atoms with Crippen LogP contribution >= 0.6 is 11.6 Å². The van der Waals surface area contributed by atoms with Crippen LogP contribution in [0.1, 0.15) is 21.6 Å². The van der Waals surface area contributed by atoms with Gasteiger partial charge < -0.3 is 9.84 Å². The number of amides is 1. The van der Waals surface area contributed by atoms with E-state index in [1.54, 1.807) is 18.2 Å². The van der Waals surface area contributed by atoms with Gasteiger partial charge in [0, 0.05) is 23.2 Å². The molecule has 0 saturated carbocycles. The first kappa shape index (κ1) is 15.3. The first-order chi connectivity index (χ1) is 11.1. The molecule has 0 bridgehead atoms. The van der Waals surface area contributed by atoms with Crippen LogP contribution in [0.15, 0.2) is 59.1 Å². The first-order valence-electron chi connectivity index (χ1n) is 7.18. The van der Waals surface area contributed by atoms with Gasteiger partial charge in [0.25, 0.3) is 5.91 Å². The van der Waals surface area contributed by atoms with Crippen molar-refractivity contribution in [1.82, 2.24) is 10.5 Å². The van der Waals surface area contributed by atoms with Crippen molar-refractivity contribution in [3.8, 4) is 11.3 Å². The Hall–Kier alpha value is -2.59. The highest BCUT2D eigenvalue weighted by molar-refractivity contribution is 6.30. The third-order valence-corrected chi connectivity index (χ3v) is 3.66. The Morgan fingerprint density at radius 1 is 1.17 bits per heavy atom. The summed E-state index contributed by atoms with van der Waals surface area (Å²) in [4.78, 5) is 12.1. The van der Waals surface area contributed by atoms with Crippen molar-refractivity contribution < 1.29 is 9.32 Å². The fourth-order valence-electron chi connectivity index (χ4n) is 2.19. The molecule has 1 aromatic heterocycles. The molecule has 0 aliphatic heterocycles. The molecule has 5 heteroatoms. The summed E-state index contributed by atoms with van der Waals surface area (Å²) in [6.45, 7) is 2.41. The molecule has 0 aliphatic rings. The summed E-state index contributed by atoms with van der Waals surface area (Å²) >= 11 is 5.83. The van der Waals surface area contributed by atoms with Crippen LogP contribution in [0.5, 0.6) is 0 Å². The third kappa shape index (κ3) is 3.79. The summed E-state index contributed by atoms with van der Waals surface area (Å²) in [6, 6.07) is 16.8. The Balaban J connectivity index is 1.67. The summed E-state index contributed by atoms with van der Waals surface area (Å²) < 4.78 is 5.27.